The van der Waals surface area contributed by atoms with Gasteiger partial charge in [-0.2, -0.15) is 0 Å². The Hall–Kier alpha value is -1.53. The topological polar surface area (TPSA) is 29.5 Å². The number of terminal acetylenes is 1. The van der Waals surface area contributed by atoms with Crippen molar-refractivity contribution < 1.29 is 9.84 Å². The van der Waals surface area contributed by atoms with Crippen LogP contribution in [-0.2, 0) is 0 Å². The highest BCUT2D eigenvalue weighted by Gasteiger charge is 2.27. The minimum absolute atomic E-state index is 0.0318. The summed E-state index contributed by atoms with van der Waals surface area (Å²) in [6.45, 7) is 3.72. The summed E-state index contributed by atoms with van der Waals surface area (Å²) in [6, 6.07) is 4.98. The molecule has 15 heavy (non-hydrogen) atoms. The van der Waals surface area contributed by atoms with Gasteiger partial charge in [-0.25, -0.2) is 0 Å². The molecule has 1 aliphatic rings. The summed E-state index contributed by atoms with van der Waals surface area (Å²) in [7, 11) is 0. The maximum absolute atomic E-state index is 9.34. The third-order valence-corrected chi connectivity index (χ3v) is 3.42. The first-order valence-corrected chi connectivity index (χ1v) is 5.37. The average Bonchev–Trinajstić information content (AvgIpc) is 2.27. The van der Waals surface area contributed by atoms with Gasteiger partial charge in [-0.15, -0.1) is 24.8 Å². The zero-order valence-corrected chi connectivity index (χ0v) is 8.83. The third kappa shape index (κ3) is 1.81. The zero-order valence-electron chi connectivity index (χ0n) is 8.01. The standard InChI is InChI=1S/C12H10O2S/c1-3-9-11(4-2)15-12-7-8(13)5-6-10(12)14-9/h1,4-7,9,11,13H,2H2/t9-,11+/m0/s1. The molecule has 0 fully saturated rings. The predicted octanol–water partition coefficient (Wildman–Crippen LogP) is 2.43. The predicted molar refractivity (Wildman–Crippen MR) is 61.2 cm³/mol. The SMILES string of the molecule is C#C[C@@H]1Oc2ccc(O)cc2S[C@@H]1C=C. The quantitative estimate of drug-likeness (QED) is 0.580. The molecule has 0 saturated carbocycles. The van der Waals surface area contributed by atoms with Crippen molar-refractivity contribution in [2.45, 2.75) is 16.2 Å². The lowest BCUT2D eigenvalue weighted by atomic mass is 10.2. The number of ether oxygens (including phenoxy) is 1. The van der Waals surface area contributed by atoms with Gasteiger partial charge in [0, 0.05) is 0 Å². The van der Waals surface area contributed by atoms with E-state index in [4.69, 9.17) is 11.2 Å². The van der Waals surface area contributed by atoms with Crippen molar-refractivity contribution in [2.24, 2.45) is 0 Å². The number of aromatic hydroxyl groups is 1. The third-order valence-electron chi connectivity index (χ3n) is 2.14. The Kier molecular flexibility index (Phi) is 2.61. The van der Waals surface area contributed by atoms with Crippen molar-refractivity contribution in [3.8, 4) is 23.8 Å². The molecule has 0 radical (unpaired) electrons. The summed E-state index contributed by atoms with van der Waals surface area (Å²) in [6.07, 6.45) is 6.85. The van der Waals surface area contributed by atoms with E-state index in [1.165, 1.54) is 0 Å². The van der Waals surface area contributed by atoms with Gasteiger partial charge in [0.2, 0.25) is 0 Å². The maximum atomic E-state index is 9.34. The molecular formula is C12H10O2S. The lowest BCUT2D eigenvalue weighted by Crippen LogP contribution is -2.29. The number of hydrogen-bond donors (Lipinski definition) is 1. The van der Waals surface area contributed by atoms with Crippen LogP contribution >= 0.6 is 11.8 Å². The van der Waals surface area contributed by atoms with Gasteiger partial charge >= 0.3 is 0 Å². The summed E-state index contributed by atoms with van der Waals surface area (Å²) >= 11 is 1.56. The molecule has 1 heterocycles. The molecule has 0 saturated heterocycles. The molecule has 0 spiro atoms. The molecule has 2 atom stereocenters. The van der Waals surface area contributed by atoms with Crippen LogP contribution in [0.15, 0.2) is 35.7 Å². The second-order valence-electron chi connectivity index (χ2n) is 3.15. The Morgan fingerprint density at radius 2 is 2.40 bits per heavy atom. The molecule has 1 aromatic carbocycles. The Bertz CT molecular complexity index is 434. The van der Waals surface area contributed by atoms with Crippen molar-refractivity contribution in [2.75, 3.05) is 0 Å². The maximum Gasteiger partial charge on any atom is 0.174 e. The summed E-state index contributed by atoms with van der Waals surface area (Å²) in [5.74, 6) is 3.53. The smallest absolute Gasteiger partial charge is 0.174 e. The van der Waals surface area contributed by atoms with Gasteiger partial charge in [-0.1, -0.05) is 12.0 Å². The molecular weight excluding hydrogens is 208 g/mol. The minimum Gasteiger partial charge on any atom is -0.508 e. The average molecular weight is 218 g/mol. The van der Waals surface area contributed by atoms with Crippen molar-refractivity contribution in [1.29, 1.82) is 0 Å². The van der Waals surface area contributed by atoms with Crippen LogP contribution < -0.4 is 4.74 Å². The number of fused-ring (bicyclic) bond motifs is 1. The van der Waals surface area contributed by atoms with E-state index in [1.807, 2.05) is 0 Å². The van der Waals surface area contributed by atoms with Crippen LogP contribution in [0.2, 0.25) is 0 Å². The largest absolute Gasteiger partial charge is 0.508 e. The zero-order chi connectivity index (χ0) is 10.8. The molecule has 0 amide bonds. The number of benzene rings is 1. The summed E-state index contributed by atoms with van der Waals surface area (Å²) in [5, 5.41) is 9.37. The van der Waals surface area contributed by atoms with E-state index in [-0.39, 0.29) is 17.1 Å². The molecule has 1 aromatic rings. The highest BCUT2D eigenvalue weighted by molar-refractivity contribution is 8.00. The molecule has 0 aromatic heterocycles. The molecule has 2 nitrogen and oxygen atoms in total. The van der Waals surface area contributed by atoms with Crippen LogP contribution in [0.1, 0.15) is 0 Å². The minimum atomic E-state index is -0.287. The molecule has 0 aliphatic carbocycles. The van der Waals surface area contributed by atoms with Gasteiger partial charge in [0.1, 0.15) is 11.5 Å². The Morgan fingerprint density at radius 1 is 1.60 bits per heavy atom. The lowest BCUT2D eigenvalue weighted by molar-refractivity contribution is 0.253. The monoisotopic (exact) mass is 218 g/mol. The van der Waals surface area contributed by atoms with Crippen LogP contribution in [0.4, 0.5) is 0 Å². The first-order chi connectivity index (χ1) is 7.24. The van der Waals surface area contributed by atoms with E-state index < -0.39 is 0 Å². The first-order valence-electron chi connectivity index (χ1n) is 4.49. The number of thioether (sulfide) groups is 1. The van der Waals surface area contributed by atoms with E-state index in [2.05, 4.69) is 12.5 Å². The molecule has 1 aliphatic heterocycles. The molecule has 3 heteroatoms. The van der Waals surface area contributed by atoms with E-state index in [0.29, 0.717) is 0 Å². The fraction of sp³-hybridized carbons (Fsp3) is 0.167. The van der Waals surface area contributed by atoms with Gasteiger partial charge in [0.05, 0.1) is 10.1 Å². The number of rotatable bonds is 1. The van der Waals surface area contributed by atoms with E-state index in [1.54, 1.807) is 36.0 Å². The van der Waals surface area contributed by atoms with Crippen molar-refractivity contribution in [1.82, 2.24) is 0 Å². The van der Waals surface area contributed by atoms with Gasteiger partial charge in [-0.05, 0) is 18.2 Å². The van der Waals surface area contributed by atoms with Crippen LogP contribution in [0.3, 0.4) is 0 Å². The van der Waals surface area contributed by atoms with Gasteiger partial charge in [0.15, 0.2) is 6.10 Å². The normalized spacial score (nSPS) is 23.4. The second-order valence-corrected chi connectivity index (χ2v) is 4.37. The van der Waals surface area contributed by atoms with Crippen molar-refractivity contribution in [3.05, 3.63) is 30.9 Å². The number of phenols is 1. The molecule has 2 rings (SSSR count). The van der Waals surface area contributed by atoms with Gasteiger partial charge in [-0.3, -0.25) is 0 Å². The Balaban J connectivity index is 2.38. The van der Waals surface area contributed by atoms with Crippen LogP contribution in [0, 0.1) is 12.3 Å². The fourth-order valence-corrected chi connectivity index (χ4v) is 2.47. The highest BCUT2D eigenvalue weighted by atomic mass is 32.2. The van der Waals surface area contributed by atoms with E-state index >= 15 is 0 Å². The lowest BCUT2D eigenvalue weighted by Gasteiger charge is -2.27. The molecule has 0 bridgehead atoms. The summed E-state index contributed by atoms with van der Waals surface area (Å²) < 4.78 is 5.60. The molecule has 76 valence electrons. The fourth-order valence-electron chi connectivity index (χ4n) is 1.40. The summed E-state index contributed by atoms with van der Waals surface area (Å²) in [5.41, 5.74) is 0. The Labute approximate surface area is 93.0 Å². The van der Waals surface area contributed by atoms with Crippen molar-refractivity contribution in [3.63, 3.8) is 0 Å². The summed E-state index contributed by atoms with van der Waals surface area (Å²) in [4.78, 5) is 0.895. The van der Waals surface area contributed by atoms with Crippen molar-refractivity contribution >= 4 is 11.8 Å². The molecule has 1 N–H and O–H groups in total. The van der Waals surface area contributed by atoms with Gasteiger partial charge < -0.3 is 9.84 Å². The van der Waals surface area contributed by atoms with Crippen LogP contribution in [-0.4, -0.2) is 16.5 Å². The first kappa shape index (κ1) is 10.0. The van der Waals surface area contributed by atoms with E-state index in [0.717, 1.165) is 10.6 Å². The van der Waals surface area contributed by atoms with E-state index in [9.17, 15) is 5.11 Å². The molecule has 0 unspecified atom stereocenters. The number of hydrogen-bond acceptors (Lipinski definition) is 3. The Morgan fingerprint density at radius 3 is 3.07 bits per heavy atom. The highest BCUT2D eigenvalue weighted by Crippen LogP contribution is 2.41. The second kappa shape index (κ2) is 3.92. The van der Waals surface area contributed by atoms with Crippen LogP contribution in [0.25, 0.3) is 0 Å². The van der Waals surface area contributed by atoms with Crippen LogP contribution in [0.5, 0.6) is 11.5 Å². The number of phenolic OH excluding ortho intramolecular Hbond substituents is 1. The van der Waals surface area contributed by atoms with Gasteiger partial charge in [0.25, 0.3) is 0 Å².